The van der Waals surface area contributed by atoms with E-state index >= 15 is 0 Å². The molecule has 5 heteroatoms. The molecule has 0 aliphatic heterocycles. The van der Waals surface area contributed by atoms with Crippen LogP contribution in [0.15, 0.2) is 12.4 Å². The third kappa shape index (κ3) is 2.29. The first kappa shape index (κ1) is 14.3. The molecule has 0 radical (unpaired) electrons. The molecular formula is C16H24N4O. The highest BCUT2D eigenvalue weighted by Gasteiger charge is 2.35. The Kier molecular flexibility index (Phi) is 3.20. The van der Waals surface area contributed by atoms with Gasteiger partial charge in [0, 0.05) is 24.0 Å². The smallest absolute Gasteiger partial charge is 0.155 e. The van der Waals surface area contributed by atoms with Crippen molar-refractivity contribution in [1.29, 1.82) is 0 Å². The normalized spacial score (nSPS) is 22.1. The van der Waals surface area contributed by atoms with Crippen LogP contribution < -0.4 is 0 Å². The summed E-state index contributed by atoms with van der Waals surface area (Å²) in [7, 11) is 1.97. The minimum Gasteiger partial charge on any atom is -0.388 e. The van der Waals surface area contributed by atoms with Crippen molar-refractivity contribution in [1.82, 2.24) is 19.3 Å². The van der Waals surface area contributed by atoms with E-state index in [2.05, 4.69) is 48.5 Å². The molecule has 0 fully saturated rings. The minimum absolute atomic E-state index is 0.113. The Balaban J connectivity index is 2.11. The van der Waals surface area contributed by atoms with Gasteiger partial charge < -0.3 is 14.2 Å². The Morgan fingerprint density at radius 2 is 2.14 bits per heavy atom. The Morgan fingerprint density at radius 3 is 2.76 bits per heavy atom. The van der Waals surface area contributed by atoms with Crippen LogP contribution in [0.2, 0.25) is 0 Å². The van der Waals surface area contributed by atoms with E-state index in [0.717, 1.165) is 24.2 Å². The molecule has 3 rings (SSSR count). The van der Waals surface area contributed by atoms with Crippen molar-refractivity contribution in [2.24, 2.45) is 12.5 Å². The average Bonchev–Trinajstić information content (AvgIpc) is 2.91. The number of aliphatic hydroxyl groups is 1. The van der Waals surface area contributed by atoms with Crippen molar-refractivity contribution in [2.75, 3.05) is 0 Å². The third-order valence-corrected chi connectivity index (χ3v) is 4.63. The molecule has 5 nitrogen and oxygen atoms in total. The number of hydrogen-bond donors (Lipinski definition) is 1. The van der Waals surface area contributed by atoms with E-state index < -0.39 is 0 Å². The molecule has 21 heavy (non-hydrogen) atoms. The number of hydrogen-bond acceptors (Lipinski definition) is 3. The van der Waals surface area contributed by atoms with E-state index in [0.29, 0.717) is 0 Å². The van der Waals surface area contributed by atoms with E-state index in [9.17, 15) is 5.11 Å². The van der Waals surface area contributed by atoms with Gasteiger partial charge in [-0.05, 0) is 38.2 Å². The van der Waals surface area contributed by atoms with Gasteiger partial charge >= 0.3 is 0 Å². The predicted molar refractivity (Wildman–Crippen MR) is 81.0 cm³/mol. The minimum atomic E-state index is -0.365. The zero-order valence-electron chi connectivity index (χ0n) is 13.5. The number of nitrogens with zero attached hydrogens (tertiary/aromatic N) is 4. The highest BCUT2D eigenvalue weighted by molar-refractivity contribution is 5.34. The molecule has 0 spiro atoms. The third-order valence-electron chi connectivity index (χ3n) is 4.63. The SMILES string of the molecule is Cc1cc2c(n1C(C)c1nncn1C)CC(C)(C)CC2O. The number of rotatable bonds is 2. The Labute approximate surface area is 125 Å². The van der Waals surface area contributed by atoms with E-state index in [4.69, 9.17) is 0 Å². The van der Waals surface area contributed by atoms with E-state index in [-0.39, 0.29) is 17.6 Å². The van der Waals surface area contributed by atoms with Crippen molar-refractivity contribution in [3.8, 4) is 0 Å². The monoisotopic (exact) mass is 288 g/mol. The lowest BCUT2D eigenvalue weighted by Crippen LogP contribution is -2.28. The molecule has 2 aromatic rings. The maximum Gasteiger partial charge on any atom is 0.155 e. The fourth-order valence-corrected chi connectivity index (χ4v) is 3.69. The van der Waals surface area contributed by atoms with Gasteiger partial charge in [0.2, 0.25) is 0 Å². The zero-order valence-corrected chi connectivity index (χ0v) is 13.5. The molecule has 0 saturated carbocycles. The molecule has 0 saturated heterocycles. The molecule has 0 amide bonds. The second-order valence-electron chi connectivity index (χ2n) is 7.09. The highest BCUT2D eigenvalue weighted by atomic mass is 16.3. The zero-order chi connectivity index (χ0) is 15.4. The molecule has 2 heterocycles. The fraction of sp³-hybridized carbons (Fsp3) is 0.625. The van der Waals surface area contributed by atoms with Crippen LogP contribution in [-0.4, -0.2) is 24.4 Å². The lowest BCUT2D eigenvalue weighted by Gasteiger charge is -2.34. The molecule has 1 N–H and O–H groups in total. The molecule has 2 aromatic heterocycles. The van der Waals surface area contributed by atoms with Gasteiger partial charge in [-0.3, -0.25) is 0 Å². The van der Waals surface area contributed by atoms with Crippen LogP contribution in [0.5, 0.6) is 0 Å². The molecule has 1 aliphatic carbocycles. The molecule has 0 bridgehead atoms. The van der Waals surface area contributed by atoms with Gasteiger partial charge in [-0.25, -0.2) is 0 Å². The summed E-state index contributed by atoms with van der Waals surface area (Å²) in [6.07, 6.45) is 3.17. The second kappa shape index (κ2) is 4.70. The summed E-state index contributed by atoms with van der Waals surface area (Å²) in [5.74, 6) is 0.939. The topological polar surface area (TPSA) is 55.9 Å². The predicted octanol–water partition coefficient (Wildman–Crippen LogP) is 2.54. The summed E-state index contributed by atoms with van der Waals surface area (Å²) >= 11 is 0. The number of aromatic nitrogens is 4. The summed E-state index contributed by atoms with van der Waals surface area (Å²) in [4.78, 5) is 0. The first-order valence-electron chi connectivity index (χ1n) is 7.53. The number of aryl methyl sites for hydroxylation is 2. The summed E-state index contributed by atoms with van der Waals surface area (Å²) in [5, 5.41) is 18.7. The van der Waals surface area contributed by atoms with Crippen molar-refractivity contribution in [3.63, 3.8) is 0 Å². The van der Waals surface area contributed by atoms with Crippen molar-refractivity contribution in [3.05, 3.63) is 35.2 Å². The van der Waals surface area contributed by atoms with Crippen LogP contribution in [0.3, 0.4) is 0 Å². The van der Waals surface area contributed by atoms with Crippen molar-refractivity contribution in [2.45, 2.75) is 52.7 Å². The first-order valence-corrected chi connectivity index (χ1v) is 7.53. The van der Waals surface area contributed by atoms with Gasteiger partial charge in [-0.1, -0.05) is 13.8 Å². The van der Waals surface area contributed by atoms with Crippen molar-refractivity contribution >= 4 is 0 Å². The second-order valence-corrected chi connectivity index (χ2v) is 7.09. The Bertz CT molecular complexity index is 668. The quantitative estimate of drug-likeness (QED) is 0.924. The van der Waals surface area contributed by atoms with E-state index in [1.807, 2.05) is 11.6 Å². The molecule has 2 unspecified atom stereocenters. The van der Waals surface area contributed by atoms with E-state index in [1.165, 1.54) is 11.4 Å². The Morgan fingerprint density at radius 1 is 1.43 bits per heavy atom. The van der Waals surface area contributed by atoms with Gasteiger partial charge in [0.1, 0.15) is 6.33 Å². The summed E-state index contributed by atoms with van der Waals surface area (Å²) in [6.45, 7) is 8.69. The molecule has 114 valence electrons. The Hall–Kier alpha value is -1.62. The van der Waals surface area contributed by atoms with Gasteiger partial charge in [0.05, 0.1) is 12.1 Å². The van der Waals surface area contributed by atoms with Crippen LogP contribution >= 0.6 is 0 Å². The number of aliphatic hydroxyl groups excluding tert-OH is 1. The molecular weight excluding hydrogens is 264 g/mol. The van der Waals surface area contributed by atoms with E-state index in [1.54, 1.807) is 6.33 Å². The van der Waals surface area contributed by atoms with Gasteiger partial charge in [-0.2, -0.15) is 0 Å². The van der Waals surface area contributed by atoms with Crippen LogP contribution in [0, 0.1) is 12.3 Å². The first-order chi connectivity index (χ1) is 9.80. The average molecular weight is 288 g/mol. The maximum absolute atomic E-state index is 10.5. The number of fused-ring (bicyclic) bond motifs is 1. The summed E-state index contributed by atoms with van der Waals surface area (Å²) in [6, 6.07) is 2.24. The standard InChI is InChI=1S/C16H24N4O/c1-10-6-12-13(7-16(3,4)8-14(12)21)20(10)11(2)15-18-17-9-19(15)5/h6,9,11,14,21H,7-8H2,1-5H3. The van der Waals surface area contributed by atoms with Crippen LogP contribution in [0.4, 0.5) is 0 Å². The highest BCUT2D eigenvalue weighted by Crippen LogP contribution is 2.43. The van der Waals surface area contributed by atoms with Crippen molar-refractivity contribution < 1.29 is 5.11 Å². The largest absolute Gasteiger partial charge is 0.388 e. The lowest BCUT2D eigenvalue weighted by atomic mass is 9.75. The summed E-state index contributed by atoms with van der Waals surface area (Å²) < 4.78 is 4.27. The van der Waals surface area contributed by atoms with Gasteiger partial charge in [0.15, 0.2) is 5.82 Å². The van der Waals surface area contributed by atoms with Gasteiger partial charge in [0.25, 0.3) is 0 Å². The maximum atomic E-state index is 10.5. The van der Waals surface area contributed by atoms with Crippen LogP contribution in [-0.2, 0) is 13.5 Å². The fourth-order valence-electron chi connectivity index (χ4n) is 3.69. The molecule has 0 aromatic carbocycles. The molecule has 2 atom stereocenters. The van der Waals surface area contributed by atoms with Gasteiger partial charge in [-0.15, -0.1) is 10.2 Å². The molecule has 1 aliphatic rings. The summed E-state index contributed by atoms with van der Waals surface area (Å²) in [5.41, 5.74) is 3.62. The lowest BCUT2D eigenvalue weighted by molar-refractivity contribution is 0.0977. The van der Waals surface area contributed by atoms with Crippen LogP contribution in [0.25, 0.3) is 0 Å². The van der Waals surface area contributed by atoms with Crippen LogP contribution in [0.1, 0.15) is 62.1 Å².